The summed E-state index contributed by atoms with van der Waals surface area (Å²) in [4.78, 5) is 12.7. The number of amides is 2. The van der Waals surface area contributed by atoms with E-state index in [0.717, 1.165) is 6.42 Å². The fraction of sp³-hybridized carbons (Fsp3) is 0.750. The molecule has 0 saturated heterocycles. The van der Waals surface area contributed by atoms with Crippen LogP contribution in [-0.2, 0) is 0 Å². The Hall–Kier alpha value is -1.26. The molecule has 0 aromatic heterocycles. The minimum atomic E-state index is -0.0777. The minimum absolute atomic E-state index is 0.0777. The van der Waals surface area contributed by atoms with Gasteiger partial charge in [-0.2, -0.15) is 0 Å². The molecule has 2 amide bonds. The fourth-order valence-corrected chi connectivity index (χ4v) is 0.753. The molecule has 0 bridgehead atoms. The van der Waals surface area contributed by atoms with E-state index < -0.39 is 0 Å². The number of hydrogen-bond acceptors (Lipinski definition) is 2. The molecule has 0 atom stereocenters. The van der Waals surface area contributed by atoms with Crippen molar-refractivity contribution in [2.24, 2.45) is 5.73 Å². The second-order valence-corrected chi connectivity index (χ2v) is 2.87. The molecule has 0 fully saturated rings. The Morgan fingerprint density at radius 2 is 2.23 bits per heavy atom. The van der Waals surface area contributed by atoms with E-state index in [1.54, 1.807) is 11.9 Å². The van der Waals surface area contributed by atoms with Crippen LogP contribution in [0.4, 0.5) is 4.79 Å². The van der Waals surface area contributed by atoms with Crippen molar-refractivity contribution in [3.8, 4) is 0 Å². The first-order valence-corrected chi connectivity index (χ1v) is 4.39. The van der Waals surface area contributed by atoms with E-state index in [-0.39, 0.29) is 11.9 Å². The van der Waals surface area contributed by atoms with E-state index >= 15 is 0 Å². The van der Waals surface area contributed by atoms with Crippen LogP contribution in [0.5, 0.6) is 0 Å². The maximum Gasteiger partial charge on any atom is 0.317 e. The predicted molar refractivity (Wildman–Crippen MR) is 52.9 cm³/mol. The van der Waals surface area contributed by atoms with Crippen molar-refractivity contribution >= 4 is 11.9 Å². The first kappa shape index (κ1) is 11.7. The molecular weight excluding hydrogens is 168 g/mol. The molecule has 4 N–H and O–H groups in total. The van der Waals surface area contributed by atoms with Crippen molar-refractivity contribution in [2.45, 2.75) is 19.8 Å². The third-order valence-corrected chi connectivity index (χ3v) is 1.72. The van der Waals surface area contributed by atoms with Gasteiger partial charge in [0.15, 0.2) is 0 Å². The summed E-state index contributed by atoms with van der Waals surface area (Å²) in [5, 5.41) is 9.68. The van der Waals surface area contributed by atoms with Crippen LogP contribution in [0.25, 0.3) is 0 Å². The van der Waals surface area contributed by atoms with Crippen molar-refractivity contribution < 1.29 is 4.79 Å². The first-order valence-electron chi connectivity index (χ1n) is 4.39. The molecule has 13 heavy (non-hydrogen) atoms. The van der Waals surface area contributed by atoms with E-state index in [1.807, 2.05) is 6.92 Å². The summed E-state index contributed by atoms with van der Waals surface area (Å²) in [5.74, 6) is 0.165. The van der Waals surface area contributed by atoms with Gasteiger partial charge in [-0.3, -0.25) is 5.41 Å². The Bertz CT molecular complexity index is 181. The van der Waals surface area contributed by atoms with E-state index in [4.69, 9.17) is 11.1 Å². The SMILES string of the molecule is CCN(C)C(=O)NCCCC(=N)N. The Morgan fingerprint density at radius 1 is 1.62 bits per heavy atom. The molecule has 0 rings (SSSR count). The van der Waals surface area contributed by atoms with Crippen LogP contribution >= 0.6 is 0 Å². The number of amidine groups is 1. The lowest BCUT2D eigenvalue weighted by Crippen LogP contribution is -2.37. The summed E-state index contributed by atoms with van der Waals surface area (Å²) in [6, 6.07) is -0.0777. The molecule has 0 saturated carbocycles. The second-order valence-electron chi connectivity index (χ2n) is 2.87. The molecule has 0 heterocycles. The Labute approximate surface area is 78.8 Å². The summed E-state index contributed by atoms with van der Waals surface area (Å²) in [6.45, 7) is 3.18. The lowest BCUT2D eigenvalue weighted by Gasteiger charge is -2.15. The molecule has 0 spiro atoms. The highest BCUT2D eigenvalue weighted by molar-refractivity contribution is 5.77. The van der Waals surface area contributed by atoms with Crippen LogP contribution in [0.1, 0.15) is 19.8 Å². The average Bonchev–Trinajstić information content (AvgIpc) is 2.10. The number of rotatable bonds is 5. The zero-order chi connectivity index (χ0) is 10.3. The summed E-state index contributed by atoms with van der Waals surface area (Å²) in [6.07, 6.45) is 1.26. The van der Waals surface area contributed by atoms with Crippen molar-refractivity contribution in [2.75, 3.05) is 20.1 Å². The Balaban J connectivity index is 3.42. The van der Waals surface area contributed by atoms with Gasteiger partial charge < -0.3 is 16.0 Å². The van der Waals surface area contributed by atoms with Crippen molar-refractivity contribution in [1.82, 2.24) is 10.2 Å². The topological polar surface area (TPSA) is 82.2 Å². The maximum absolute atomic E-state index is 11.1. The van der Waals surface area contributed by atoms with Gasteiger partial charge in [-0.15, -0.1) is 0 Å². The number of urea groups is 1. The number of nitrogens with two attached hydrogens (primary N) is 1. The van der Waals surface area contributed by atoms with E-state index in [2.05, 4.69) is 5.32 Å². The van der Waals surface area contributed by atoms with Crippen molar-refractivity contribution in [1.29, 1.82) is 5.41 Å². The molecule has 5 nitrogen and oxygen atoms in total. The van der Waals surface area contributed by atoms with Gasteiger partial charge in [0.2, 0.25) is 0 Å². The molecule has 5 heteroatoms. The number of carbonyl (C=O) groups excluding carboxylic acids is 1. The van der Waals surface area contributed by atoms with Crippen LogP contribution in [0, 0.1) is 5.41 Å². The highest BCUT2D eigenvalue weighted by Crippen LogP contribution is 1.87. The molecule has 0 aliphatic heterocycles. The van der Waals surface area contributed by atoms with Crippen LogP contribution in [0.2, 0.25) is 0 Å². The highest BCUT2D eigenvalue weighted by Gasteiger charge is 2.03. The van der Waals surface area contributed by atoms with E-state index in [1.165, 1.54) is 0 Å². The third kappa shape index (κ3) is 5.95. The van der Waals surface area contributed by atoms with Crippen molar-refractivity contribution in [3.05, 3.63) is 0 Å². The monoisotopic (exact) mass is 186 g/mol. The van der Waals surface area contributed by atoms with Crippen LogP contribution in [0.3, 0.4) is 0 Å². The molecule has 0 aliphatic rings. The molecule has 0 radical (unpaired) electrons. The zero-order valence-corrected chi connectivity index (χ0v) is 8.26. The minimum Gasteiger partial charge on any atom is -0.388 e. The molecule has 0 unspecified atom stereocenters. The van der Waals surface area contributed by atoms with E-state index in [0.29, 0.717) is 19.5 Å². The van der Waals surface area contributed by atoms with Crippen LogP contribution in [-0.4, -0.2) is 36.9 Å². The standard InChI is InChI=1S/C8H18N4O/c1-3-12(2)8(13)11-6-4-5-7(9)10/h3-6H2,1-2H3,(H3,9,10)(H,11,13). The third-order valence-electron chi connectivity index (χ3n) is 1.72. The van der Waals surface area contributed by atoms with Crippen LogP contribution < -0.4 is 11.1 Å². The van der Waals surface area contributed by atoms with Crippen molar-refractivity contribution in [3.63, 3.8) is 0 Å². The molecule has 0 aromatic carbocycles. The summed E-state index contributed by atoms with van der Waals surface area (Å²) < 4.78 is 0. The van der Waals surface area contributed by atoms with E-state index in [9.17, 15) is 4.79 Å². The normalized spacial score (nSPS) is 9.38. The quantitative estimate of drug-likeness (QED) is 0.329. The lowest BCUT2D eigenvalue weighted by atomic mass is 10.3. The lowest BCUT2D eigenvalue weighted by molar-refractivity contribution is 0.211. The van der Waals surface area contributed by atoms with Gasteiger partial charge in [0, 0.05) is 26.6 Å². The molecule has 0 aliphatic carbocycles. The summed E-state index contributed by atoms with van der Waals surface area (Å²) in [5.41, 5.74) is 5.16. The summed E-state index contributed by atoms with van der Waals surface area (Å²) >= 11 is 0. The second kappa shape index (κ2) is 6.28. The predicted octanol–water partition coefficient (Wildman–Crippen LogP) is 0.364. The average molecular weight is 186 g/mol. The molecule has 76 valence electrons. The van der Waals surface area contributed by atoms with Gasteiger partial charge in [0.25, 0.3) is 0 Å². The van der Waals surface area contributed by atoms with Gasteiger partial charge in [-0.1, -0.05) is 0 Å². The Kier molecular flexibility index (Phi) is 5.67. The van der Waals surface area contributed by atoms with Crippen LogP contribution in [0.15, 0.2) is 0 Å². The number of carbonyl (C=O) groups is 1. The molecular formula is C8H18N4O. The zero-order valence-electron chi connectivity index (χ0n) is 8.26. The maximum atomic E-state index is 11.1. The largest absolute Gasteiger partial charge is 0.388 e. The smallest absolute Gasteiger partial charge is 0.317 e. The molecule has 0 aromatic rings. The fourth-order valence-electron chi connectivity index (χ4n) is 0.753. The highest BCUT2D eigenvalue weighted by atomic mass is 16.2. The number of nitrogens with zero attached hydrogens (tertiary/aromatic N) is 1. The van der Waals surface area contributed by atoms with Gasteiger partial charge in [-0.25, -0.2) is 4.79 Å². The van der Waals surface area contributed by atoms with Gasteiger partial charge in [-0.05, 0) is 13.3 Å². The van der Waals surface area contributed by atoms with Gasteiger partial charge >= 0.3 is 6.03 Å². The summed E-state index contributed by atoms with van der Waals surface area (Å²) in [7, 11) is 1.74. The number of nitrogens with one attached hydrogen (secondary N) is 2. The number of hydrogen-bond donors (Lipinski definition) is 3. The van der Waals surface area contributed by atoms with Gasteiger partial charge in [0.05, 0.1) is 5.84 Å². The first-order chi connectivity index (χ1) is 6.07. The van der Waals surface area contributed by atoms with Gasteiger partial charge in [0.1, 0.15) is 0 Å². The Morgan fingerprint density at radius 3 is 2.69 bits per heavy atom.